The fraction of sp³-hybridized carbons (Fsp3) is 0.667. The van der Waals surface area contributed by atoms with Gasteiger partial charge in [-0.25, -0.2) is 0 Å². The van der Waals surface area contributed by atoms with Gasteiger partial charge in [0.2, 0.25) is 0 Å². The zero-order valence-corrected chi connectivity index (χ0v) is 15.3. The van der Waals surface area contributed by atoms with Crippen LogP contribution in [0.2, 0.25) is 0 Å². The van der Waals surface area contributed by atoms with Crippen molar-refractivity contribution in [2.24, 2.45) is 10.7 Å². The van der Waals surface area contributed by atoms with Gasteiger partial charge in [-0.2, -0.15) is 0 Å². The van der Waals surface area contributed by atoms with Crippen LogP contribution in [-0.4, -0.2) is 62.3 Å². The number of hydrogen-bond acceptors (Lipinski definition) is 5. The van der Waals surface area contributed by atoms with E-state index in [-0.39, 0.29) is 18.0 Å². The van der Waals surface area contributed by atoms with Crippen molar-refractivity contribution in [2.45, 2.75) is 44.4 Å². The minimum Gasteiger partial charge on any atom is -0.454 e. The Balaban J connectivity index is 1.40. The average Bonchev–Trinajstić information content (AvgIpc) is 3.33. The summed E-state index contributed by atoms with van der Waals surface area (Å²) in [6, 6.07) is 3.32. The lowest BCUT2D eigenvalue weighted by atomic mass is 10.1. The highest BCUT2D eigenvalue weighted by atomic mass is 16.5. The van der Waals surface area contributed by atoms with Gasteiger partial charge in [0.15, 0.2) is 11.7 Å². The van der Waals surface area contributed by atoms with Crippen molar-refractivity contribution in [3.63, 3.8) is 0 Å². The molecule has 1 amide bonds. The number of hydrogen-bond donors (Lipinski definition) is 2. The summed E-state index contributed by atoms with van der Waals surface area (Å²) in [5.74, 6) is 1.07. The summed E-state index contributed by atoms with van der Waals surface area (Å²) in [6.07, 6.45) is 4.77. The molecule has 26 heavy (non-hydrogen) atoms. The molecule has 0 radical (unpaired) electrons. The molecule has 144 valence electrons. The molecular formula is C18H28N4O4. The number of nitrogens with two attached hydrogens (primary N) is 1. The number of furan rings is 1. The molecule has 8 nitrogen and oxygen atoms in total. The van der Waals surface area contributed by atoms with Gasteiger partial charge in [-0.1, -0.05) is 0 Å². The van der Waals surface area contributed by atoms with Gasteiger partial charge in [0.25, 0.3) is 5.91 Å². The Kier molecular flexibility index (Phi) is 6.51. The monoisotopic (exact) mass is 364 g/mol. The number of nitrogens with one attached hydrogen (secondary N) is 1. The van der Waals surface area contributed by atoms with E-state index in [2.05, 4.69) is 15.2 Å². The fourth-order valence-corrected chi connectivity index (χ4v) is 3.36. The van der Waals surface area contributed by atoms with Crippen molar-refractivity contribution in [3.05, 3.63) is 23.7 Å². The van der Waals surface area contributed by atoms with E-state index in [0.29, 0.717) is 18.9 Å². The highest BCUT2D eigenvalue weighted by molar-refractivity contribution is 5.89. The standard InChI is InChI=1S/C18H28N4O4/c1-20-18(21-11-14-4-5-16(26-14)17(19)23)22-8-6-13(7-9-22)25-12-15-3-2-10-24-15/h4-5,13,15H,2-3,6-12H2,1H3,(H2,19,23)(H,20,21). The van der Waals surface area contributed by atoms with Crippen LogP contribution in [0.3, 0.4) is 0 Å². The van der Waals surface area contributed by atoms with Crippen LogP contribution < -0.4 is 11.1 Å². The molecule has 1 atom stereocenters. The minimum absolute atomic E-state index is 0.168. The van der Waals surface area contributed by atoms with Crippen molar-refractivity contribution >= 4 is 11.9 Å². The lowest BCUT2D eigenvalue weighted by molar-refractivity contribution is -0.0367. The van der Waals surface area contributed by atoms with E-state index in [0.717, 1.165) is 51.3 Å². The Labute approximate surface area is 153 Å². The first-order valence-corrected chi connectivity index (χ1v) is 9.23. The van der Waals surface area contributed by atoms with Crippen molar-refractivity contribution in [3.8, 4) is 0 Å². The molecule has 0 bridgehead atoms. The Morgan fingerprint density at radius 2 is 2.19 bits per heavy atom. The molecule has 3 heterocycles. The normalized spacial score (nSPS) is 22.0. The van der Waals surface area contributed by atoms with Gasteiger partial charge >= 0.3 is 0 Å². The van der Waals surface area contributed by atoms with E-state index in [4.69, 9.17) is 19.6 Å². The molecule has 8 heteroatoms. The number of aliphatic imine (C=N–C) groups is 1. The quantitative estimate of drug-likeness (QED) is 0.579. The SMILES string of the molecule is CN=C(NCc1ccc(C(N)=O)o1)N1CCC(OCC2CCCO2)CC1. The lowest BCUT2D eigenvalue weighted by Gasteiger charge is -2.34. The summed E-state index contributed by atoms with van der Waals surface area (Å²) in [7, 11) is 1.76. The lowest BCUT2D eigenvalue weighted by Crippen LogP contribution is -2.47. The molecule has 1 aromatic rings. The van der Waals surface area contributed by atoms with Gasteiger partial charge in [0.1, 0.15) is 5.76 Å². The van der Waals surface area contributed by atoms with Crippen molar-refractivity contribution in [1.29, 1.82) is 0 Å². The minimum atomic E-state index is -0.564. The average molecular weight is 364 g/mol. The van der Waals surface area contributed by atoms with Crippen LogP contribution in [0.4, 0.5) is 0 Å². The maximum absolute atomic E-state index is 11.1. The first-order valence-electron chi connectivity index (χ1n) is 9.23. The van der Waals surface area contributed by atoms with Crippen LogP contribution in [0, 0.1) is 0 Å². The van der Waals surface area contributed by atoms with Crippen molar-refractivity contribution in [1.82, 2.24) is 10.2 Å². The van der Waals surface area contributed by atoms with Crippen molar-refractivity contribution < 1.29 is 18.7 Å². The molecule has 1 unspecified atom stereocenters. The molecule has 0 spiro atoms. The van der Waals surface area contributed by atoms with E-state index in [1.165, 1.54) is 0 Å². The molecule has 2 aliphatic heterocycles. The summed E-state index contributed by atoms with van der Waals surface area (Å²) in [6.45, 7) is 3.81. The molecular weight excluding hydrogens is 336 g/mol. The Bertz CT molecular complexity index is 616. The van der Waals surface area contributed by atoms with E-state index in [9.17, 15) is 4.79 Å². The zero-order chi connectivity index (χ0) is 18.4. The van der Waals surface area contributed by atoms with E-state index in [1.807, 2.05) is 0 Å². The molecule has 3 N–H and O–H groups in total. The van der Waals surface area contributed by atoms with Crippen LogP contribution >= 0.6 is 0 Å². The van der Waals surface area contributed by atoms with Gasteiger partial charge < -0.3 is 29.8 Å². The topological polar surface area (TPSA) is 102 Å². The number of likely N-dealkylation sites (tertiary alicyclic amines) is 1. The number of piperidine rings is 1. The number of carbonyl (C=O) groups is 1. The number of guanidine groups is 1. The van der Waals surface area contributed by atoms with Crippen LogP contribution in [0.25, 0.3) is 0 Å². The van der Waals surface area contributed by atoms with Gasteiger partial charge in [0, 0.05) is 26.7 Å². The van der Waals surface area contributed by atoms with Crippen LogP contribution in [-0.2, 0) is 16.0 Å². The summed E-state index contributed by atoms with van der Waals surface area (Å²) in [5, 5.41) is 3.27. The van der Waals surface area contributed by atoms with Crippen LogP contribution in [0.5, 0.6) is 0 Å². The smallest absolute Gasteiger partial charge is 0.284 e. The number of rotatable bonds is 6. The summed E-state index contributed by atoms with van der Waals surface area (Å²) in [4.78, 5) is 17.6. The fourth-order valence-electron chi connectivity index (χ4n) is 3.36. The van der Waals surface area contributed by atoms with Gasteiger partial charge in [-0.3, -0.25) is 9.79 Å². The van der Waals surface area contributed by atoms with Gasteiger partial charge in [-0.05, 0) is 37.8 Å². The van der Waals surface area contributed by atoms with Gasteiger partial charge in [0.05, 0.1) is 25.4 Å². The first kappa shape index (κ1) is 18.7. The van der Waals surface area contributed by atoms with Crippen LogP contribution in [0.15, 0.2) is 21.5 Å². The van der Waals surface area contributed by atoms with E-state index < -0.39 is 5.91 Å². The molecule has 3 rings (SSSR count). The number of primary amides is 1. The zero-order valence-electron chi connectivity index (χ0n) is 15.3. The number of ether oxygens (including phenoxy) is 2. The maximum atomic E-state index is 11.1. The second-order valence-electron chi connectivity index (χ2n) is 6.69. The second kappa shape index (κ2) is 9.05. The third kappa shape index (κ3) is 4.98. The van der Waals surface area contributed by atoms with E-state index in [1.54, 1.807) is 19.2 Å². The molecule has 0 aliphatic carbocycles. The maximum Gasteiger partial charge on any atom is 0.284 e. The summed E-state index contributed by atoms with van der Waals surface area (Å²) < 4.78 is 17.0. The number of carbonyl (C=O) groups excluding carboxylic acids is 1. The summed E-state index contributed by atoms with van der Waals surface area (Å²) in [5.41, 5.74) is 5.20. The van der Waals surface area contributed by atoms with Crippen LogP contribution in [0.1, 0.15) is 42.0 Å². The highest BCUT2D eigenvalue weighted by Gasteiger charge is 2.24. The van der Waals surface area contributed by atoms with Crippen molar-refractivity contribution in [2.75, 3.05) is 33.4 Å². The molecule has 2 aliphatic rings. The Morgan fingerprint density at radius 1 is 1.38 bits per heavy atom. The first-order chi connectivity index (χ1) is 12.7. The number of nitrogens with zero attached hydrogens (tertiary/aromatic N) is 2. The molecule has 2 fully saturated rings. The predicted octanol–water partition coefficient (Wildman–Crippen LogP) is 1.11. The Hall–Kier alpha value is -2.06. The third-order valence-corrected chi connectivity index (χ3v) is 4.82. The molecule has 2 saturated heterocycles. The van der Waals surface area contributed by atoms with Gasteiger partial charge in [-0.15, -0.1) is 0 Å². The Morgan fingerprint density at radius 3 is 2.81 bits per heavy atom. The molecule has 1 aromatic heterocycles. The molecule has 0 saturated carbocycles. The number of amides is 1. The largest absolute Gasteiger partial charge is 0.454 e. The third-order valence-electron chi connectivity index (χ3n) is 4.82. The highest BCUT2D eigenvalue weighted by Crippen LogP contribution is 2.18. The van der Waals surface area contributed by atoms with E-state index >= 15 is 0 Å². The summed E-state index contributed by atoms with van der Waals surface area (Å²) >= 11 is 0. The predicted molar refractivity (Wildman–Crippen MR) is 96.9 cm³/mol. The molecule has 0 aromatic carbocycles. The second-order valence-corrected chi connectivity index (χ2v) is 6.69.